The first-order chi connectivity index (χ1) is 9.11. The van der Waals surface area contributed by atoms with Crippen LogP contribution in [0, 0.1) is 6.92 Å². The molecule has 1 aliphatic heterocycles. The van der Waals surface area contributed by atoms with Crippen LogP contribution in [0.1, 0.15) is 18.5 Å². The fourth-order valence-electron chi connectivity index (χ4n) is 2.80. The third-order valence-corrected chi connectivity index (χ3v) is 3.84. The van der Waals surface area contributed by atoms with E-state index in [1.807, 2.05) is 14.0 Å². The molecule has 0 radical (unpaired) electrons. The minimum absolute atomic E-state index is 0.105. The number of aliphatic hydroxyl groups excluding tert-OH is 1. The Morgan fingerprint density at radius 1 is 1.42 bits per heavy atom. The highest BCUT2D eigenvalue weighted by molar-refractivity contribution is 6.28. The second-order valence-electron chi connectivity index (χ2n) is 4.90. The number of aryl methyl sites for hydroxylation is 2. The summed E-state index contributed by atoms with van der Waals surface area (Å²) < 4.78 is 1.71. The van der Waals surface area contributed by atoms with Crippen LogP contribution in [0.3, 0.4) is 0 Å². The molecule has 7 heteroatoms. The smallest absolute Gasteiger partial charge is 0.226 e. The topological polar surface area (TPSA) is 67.1 Å². The minimum Gasteiger partial charge on any atom is -0.394 e. The van der Waals surface area contributed by atoms with Crippen molar-refractivity contribution in [3.63, 3.8) is 0 Å². The standard InChI is InChI=1S/C12H16ClN5O/c1-7-9-10(17(2)16-7)14-12(13)15-11(9)18-5-3-4-8(18)6-19/h8,19H,3-6H2,1-2H3. The number of nitrogens with zero attached hydrogens (tertiary/aromatic N) is 5. The quantitative estimate of drug-likeness (QED) is 0.840. The monoisotopic (exact) mass is 281 g/mol. The first-order valence-corrected chi connectivity index (χ1v) is 6.74. The zero-order chi connectivity index (χ0) is 13.6. The molecule has 3 heterocycles. The third kappa shape index (κ3) is 1.95. The van der Waals surface area contributed by atoms with Gasteiger partial charge in [0.05, 0.1) is 23.7 Å². The summed E-state index contributed by atoms with van der Waals surface area (Å²) in [5.41, 5.74) is 1.61. The normalized spacial score (nSPS) is 19.6. The highest BCUT2D eigenvalue weighted by atomic mass is 35.5. The molecule has 102 valence electrons. The summed E-state index contributed by atoms with van der Waals surface area (Å²) >= 11 is 6.02. The molecule has 1 aliphatic rings. The van der Waals surface area contributed by atoms with Gasteiger partial charge in [0.15, 0.2) is 5.65 Å². The van der Waals surface area contributed by atoms with Crippen LogP contribution < -0.4 is 4.90 Å². The Kier molecular flexibility index (Phi) is 3.06. The molecule has 1 N–H and O–H groups in total. The van der Waals surface area contributed by atoms with Crippen molar-refractivity contribution in [2.75, 3.05) is 18.1 Å². The van der Waals surface area contributed by atoms with Crippen molar-refractivity contribution in [1.29, 1.82) is 0 Å². The number of aliphatic hydroxyl groups is 1. The lowest BCUT2D eigenvalue weighted by Crippen LogP contribution is -2.33. The number of rotatable bonds is 2. The van der Waals surface area contributed by atoms with Crippen LogP contribution in [-0.2, 0) is 7.05 Å². The van der Waals surface area contributed by atoms with E-state index in [0.717, 1.165) is 41.9 Å². The van der Waals surface area contributed by atoms with Crippen LogP contribution in [0.5, 0.6) is 0 Å². The van der Waals surface area contributed by atoms with Crippen molar-refractivity contribution in [3.05, 3.63) is 11.0 Å². The van der Waals surface area contributed by atoms with Crippen molar-refractivity contribution in [2.45, 2.75) is 25.8 Å². The summed E-state index contributed by atoms with van der Waals surface area (Å²) in [5, 5.41) is 15.0. The highest BCUT2D eigenvalue weighted by Gasteiger charge is 2.28. The van der Waals surface area contributed by atoms with Gasteiger partial charge in [-0.2, -0.15) is 15.1 Å². The van der Waals surface area contributed by atoms with Gasteiger partial charge in [-0.25, -0.2) is 4.68 Å². The number of anilines is 1. The number of hydrogen-bond donors (Lipinski definition) is 1. The zero-order valence-corrected chi connectivity index (χ0v) is 11.7. The molecule has 0 amide bonds. The van der Waals surface area contributed by atoms with Gasteiger partial charge in [0.1, 0.15) is 5.82 Å². The van der Waals surface area contributed by atoms with E-state index in [1.54, 1.807) is 4.68 Å². The molecule has 1 saturated heterocycles. The average molecular weight is 282 g/mol. The van der Waals surface area contributed by atoms with E-state index in [0.29, 0.717) is 0 Å². The molecule has 0 saturated carbocycles. The van der Waals surface area contributed by atoms with Gasteiger partial charge >= 0.3 is 0 Å². The summed E-state index contributed by atoms with van der Waals surface area (Å²) in [4.78, 5) is 10.7. The number of halogens is 1. The molecule has 1 unspecified atom stereocenters. The molecule has 2 aromatic heterocycles. The first kappa shape index (κ1) is 12.6. The largest absolute Gasteiger partial charge is 0.394 e. The van der Waals surface area contributed by atoms with Gasteiger partial charge in [-0.1, -0.05) is 0 Å². The molecule has 0 aliphatic carbocycles. The molecule has 6 nitrogen and oxygen atoms in total. The highest BCUT2D eigenvalue weighted by Crippen LogP contribution is 2.32. The predicted molar refractivity (Wildman–Crippen MR) is 73.5 cm³/mol. The molecule has 0 spiro atoms. The molecular formula is C12H16ClN5O. The van der Waals surface area contributed by atoms with E-state index < -0.39 is 0 Å². The molecular weight excluding hydrogens is 266 g/mol. The Bertz CT molecular complexity index is 626. The van der Waals surface area contributed by atoms with Crippen LogP contribution in [0.25, 0.3) is 11.0 Å². The second kappa shape index (κ2) is 4.61. The SMILES string of the molecule is Cc1nn(C)c2nc(Cl)nc(N3CCCC3CO)c12. The van der Waals surface area contributed by atoms with Gasteiger partial charge in [0.2, 0.25) is 5.28 Å². The zero-order valence-electron chi connectivity index (χ0n) is 11.0. The van der Waals surface area contributed by atoms with E-state index in [-0.39, 0.29) is 17.9 Å². The van der Waals surface area contributed by atoms with E-state index in [1.165, 1.54) is 0 Å². The maximum atomic E-state index is 9.47. The molecule has 1 fully saturated rings. The summed E-state index contributed by atoms with van der Waals surface area (Å²) in [7, 11) is 1.84. The number of aromatic nitrogens is 4. The molecule has 3 rings (SSSR count). The van der Waals surface area contributed by atoms with E-state index in [9.17, 15) is 5.11 Å². The third-order valence-electron chi connectivity index (χ3n) is 3.67. The molecule has 19 heavy (non-hydrogen) atoms. The van der Waals surface area contributed by atoms with Crippen molar-refractivity contribution < 1.29 is 5.11 Å². The van der Waals surface area contributed by atoms with Crippen LogP contribution >= 0.6 is 11.6 Å². The van der Waals surface area contributed by atoms with Gasteiger partial charge in [-0.05, 0) is 31.4 Å². The summed E-state index contributed by atoms with van der Waals surface area (Å²) in [5.74, 6) is 0.789. The minimum atomic E-state index is 0.105. The van der Waals surface area contributed by atoms with Gasteiger partial charge in [0, 0.05) is 13.6 Å². The van der Waals surface area contributed by atoms with E-state index >= 15 is 0 Å². The van der Waals surface area contributed by atoms with E-state index in [2.05, 4.69) is 20.0 Å². The lowest BCUT2D eigenvalue weighted by Gasteiger charge is -2.24. The lowest BCUT2D eigenvalue weighted by atomic mass is 10.2. The van der Waals surface area contributed by atoms with Gasteiger partial charge in [-0.15, -0.1) is 0 Å². The van der Waals surface area contributed by atoms with E-state index in [4.69, 9.17) is 11.6 Å². The average Bonchev–Trinajstić information content (AvgIpc) is 2.94. The Morgan fingerprint density at radius 3 is 2.95 bits per heavy atom. The number of fused-ring (bicyclic) bond motifs is 1. The summed E-state index contributed by atoms with van der Waals surface area (Å²) in [6, 6.07) is 0.105. The van der Waals surface area contributed by atoms with Crippen LogP contribution in [0.15, 0.2) is 0 Å². The van der Waals surface area contributed by atoms with Gasteiger partial charge < -0.3 is 10.0 Å². The van der Waals surface area contributed by atoms with Gasteiger partial charge in [-0.3, -0.25) is 0 Å². The molecule has 1 atom stereocenters. The van der Waals surface area contributed by atoms with Crippen molar-refractivity contribution >= 4 is 28.5 Å². The van der Waals surface area contributed by atoms with Crippen molar-refractivity contribution in [3.8, 4) is 0 Å². The Balaban J connectivity index is 2.22. The van der Waals surface area contributed by atoms with Crippen molar-refractivity contribution in [2.24, 2.45) is 7.05 Å². The summed E-state index contributed by atoms with van der Waals surface area (Å²) in [6.07, 6.45) is 2.02. The maximum absolute atomic E-state index is 9.47. The van der Waals surface area contributed by atoms with Crippen LogP contribution in [0.2, 0.25) is 5.28 Å². The summed E-state index contributed by atoms with van der Waals surface area (Å²) in [6.45, 7) is 2.94. The fourth-order valence-corrected chi connectivity index (χ4v) is 2.96. The van der Waals surface area contributed by atoms with Crippen molar-refractivity contribution in [1.82, 2.24) is 19.7 Å². The number of hydrogen-bond acceptors (Lipinski definition) is 5. The van der Waals surface area contributed by atoms with Gasteiger partial charge in [0.25, 0.3) is 0 Å². The fraction of sp³-hybridized carbons (Fsp3) is 0.583. The lowest BCUT2D eigenvalue weighted by molar-refractivity contribution is 0.266. The molecule has 0 bridgehead atoms. The Hall–Kier alpha value is -1.40. The Labute approximate surface area is 116 Å². The predicted octanol–water partition coefficient (Wildman–Crippen LogP) is 1.29. The van der Waals surface area contributed by atoms with Crippen LogP contribution in [-0.4, -0.2) is 44.0 Å². The first-order valence-electron chi connectivity index (χ1n) is 6.36. The Morgan fingerprint density at radius 2 is 2.21 bits per heavy atom. The molecule has 0 aromatic carbocycles. The second-order valence-corrected chi connectivity index (χ2v) is 5.23. The van der Waals surface area contributed by atoms with Crippen LogP contribution in [0.4, 0.5) is 5.82 Å². The molecule has 2 aromatic rings. The maximum Gasteiger partial charge on any atom is 0.226 e.